The second-order valence-corrected chi connectivity index (χ2v) is 7.02. The van der Waals surface area contributed by atoms with Crippen LogP contribution in [0.3, 0.4) is 0 Å². The zero-order valence-corrected chi connectivity index (χ0v) is 14.4. The minimum atomic E-state index is -0.594. The number of nitrogens with one attached hydrogen (secondary N) is 2. The van der Waals surface area contributed by atoms with E-state index in [1.807, 2.05) is 31.2 Å². The van der Waals surface area contributed by atoms with Gasteiger partial charge in [0.15, 0.2) is 11.2 Å². The Bertz CT molecular complexity index is 856. The summed E-state index contributed by atoms with van der Waals surface area (Å²) in [5.74, 6) is 0.302. The maximum atomic E-state index is 14.4. The normalized spacial score (nSPS) is 21.6. The maximum absolute atomic E-state index is 14.4. The van der Waals surface area contributed by atoms with E-state index in [1.165, 1.54) is 17.8 Å². The molecular formula is C18H17FN4OS. The van der Waals surface area contributed by atoms with Gasteiger partial charge in [0, 0.05) is 16.8 Å². The van der Waals surface area contributed by atoms with Crippen LogP contribution in [-0.4, -0.2) is 21.8 Å². The van der Waals surface area contributed by atoms with Crippen molar-refractivity contribution in [1.29, 1.82) is 0 Å². The van der Waals surface area contributed by atoms with E-state index in [4.69, 9.17) is 0 Å². The first-order valence-corrected chi connectivity index (χ1v) is 9.08. The summed E-state index contributed by atoms with van der Waals surface area (Å²) in [7, 11) is 0. The number of rotatable bonds is 2. The molecule has 0 aliphatic carbocycles. The second-order valence-electron chi connectivity index (χ2n) is 5.77. The Labute approximate surface area is 149 Å². The number of hydrogen-bond donors (Lipinski definition) is 2. The second kappa shape index (κ2) is 6.40. The molecule has 2 atom stereocenters. The molecule has 0 unspecified atom stereocenters. The number of thioether (sulfide) groups is 1. The molecule has 5 nitrogen and oxygen atoms in total. The molecule has 2 N–H and O–H groups in total. The van der Waals surface area contributed by atoms with E-state index in [-0.39, 0.29) is 11.7 Å². The highest BCUT2D eigenvalue weighted by Crippen LogP contribution is 2.42. The summed E-state index contributed by atoms with van der Waals surface area (Å²) in [6.45, 7) is 1.99. The molecule has 0 bridgehead atoms. The first kappa shape index (κ1) is 16.0. The SMILES string of the molecule is CCSC1=NN2[C@H](C(=O)N1)c1ccccc1N[C@H]2c1ccccc1F. The van der Waals surface area contributed by atoms with Crippen molar-refractivity contribution in [3.05, 3.63) is 65.5 Å². The van der Waals surface area contributed by atoms with Crippen LogP contribution in [-0.2, 0) is 4.79 Å². The van der Waals surface area contributed by atoms with Crippen LogP contribution >= 0.6 is 11.8 Å². The predicted molar refractivity (Wildman–Crippen MR) is 97.5 cm³/mol. The average Bonchev–Trinajstić information content (AvgIpc) is 2.61. The molecule has 2 aromatic rings. The highest BCUT2D eigenvalue weighted by atomic mass is 32.2. The zero-order valence-electron chi connectivity index (χ0n) is 13.6. The van der Waals surface area contributed by atoms with Gasteiger partial charge >= 0.3 is 0 Å². The molecule has 0 spiro atoms. The fourth-order valence-electron chi connectivity index (χ4n) is 3.17. The van der Waals surface area contributed by atoms with E-state index in [0.29, 0.717) is 10.7 Å². The van der Waals surface area contributed by atoms with Crippen molar-refractivity contribution in [3.8, 4) is 0 Å². The Balaban J connectivity index is 1.86. The van der Waals surface area contributed by atoms with Gasteiger partial charge in [-0.15, -0.1) is 5.10 Å². The molecule has 0 aromatic heterocycles. The fourth-order valence-corrected chi connectivity index (χ4v) is 3.77. The van der Waals surface area contributed by atoms with Crippen molar-refractivity contribution in [2.24, 2.45) is 5.10 Å². The van der Waals surface area contributed by atoms with E-state index >= 15 is 0 Å². The molecule has 128 valence electrons. The number of hydrogen-bond acceptors (Lipinski definition) is 5. The number of carbonyl (C=O) groups excluding carboxylic acids is 1. The van der Waals surface area contributed by atoms with Crippen LogP contribution in [0.2, 0.25) is 0 Å². The standard InChI is InChI=1S/C18H17FN4OS/c1-2-25-18-21-17(24)15-12-8-4-6-10-14(12)20-16(23(15)22-18)11-7-3-5-9-13(11)19/h3-10,15-16,20H,2H2,1H3,(H,21,22,24)/t15-,16+/m0/s1. The summed E-state index contributed by atoms with van der Waals surface area (Å²) >= 11 is 1.45. The number of nitrogens with zero attached hydrogens (tertiary/aromatic N) is 2. The number of fused-ring (bicyclic) bond motifs is 3. The van der Waals surface area contributed by atoms with E-state index in [9.17, 15) is 9.18 Å². The zero-order chi connectivity index (χ0) is 17.4. The third kappa shape index (κ3) is 2.74. The summed E-state index contributed by atoms with van der Waals surface area (Å²) < 4.78 is 14.4. The summed E-state index contributed by atoms with van der Waals surface area (Å²) in [5.41, 5.74) is 2.10. The van der Waals surface area contributed by atoms with Crippen molar-refractivity contribution < 1.29 is 9.18 Å². The largest absolute Gasteiger partial charge is 0.360 e. The molecule has 2 aliphatic heterocycles. The Hall–Kier alpha value is -2.54. The molecule has 0 saturated heterocycles. The lowest BCUT2D eigenvalue weighted by atomic mass is 9.97. The summed E-state index contributed by atoms with van der Waals surface area (Å²) in [6, 6.07) is 13.5. The Kier molecular flexibility index (Phi) is 4.09. The molecule has 4 rings (SSSR count). The molecule has 0 radical (unpaired) electrons. The van der Waals surface area contributed by atoms with Crippen LogP contribution in [0.4, 0.5) is 10.1 Å². The van der Waals surface area contributed by atoms with Gasteiger partial charge in [-0.2, -0.15) is 0 Å². The molecule has 0 saturated carbocycles. The van der Waals surface area contributed by atoms with Gasteiger partial charge in [0.25, 0.3) is 5.91 Å². The maximum Gasteiger partial charge on any atom is 0.255 e. The smallest absolute Gasteiger partial charge is 0.255 e. The molecule has 2 aliphatic rings. The van der Waals surface area contributed by atoms with Crippen LogP contribution in [0.15, 0.2) is 53.6 Å². The third-order valence-electron chi connectivity index (χ3n) is 4.24. The van der Waals surface area contributed by atoms with Crippen LogP contribution in [0.5, 0.6) is 0 Å². The number of benzene rings is 2. The van der Waals surface area contributed by atoms with Gasteiger partial charge in [0.1, 0.15) is 12.0 Å². The Morgan fingerprint density at radius 2 is 1.88 bits per heavy atom. The monoisotopic (exact) mass is 356 g/mol. The molecule has 0 fully saturated rings. The van der Waals surface area contributed by atoms with Crippen LogP contribution in [0.25, 0.3) is 0 Å². The van der Waals surface area contributed by atoms with Gasteiger partial charge in [0.05, 0.1) is 0 Å². The lowest BCUT2D eigenvalue weighted by Gasteiger charge is -2.43. The van der Waals surface area contributed by atoms with E-state index < -0.39 is 12.2 Å². The number of amides is 1. The predicted octanol–water partition coefficient (Wildman–Crippen LogP) is 3.45. The minimum Gasteiger partial charge on any atom is -0.360 e. The minimum absolute atomic E-state index is 0.152. The molecule has 2 aromatic carbocycles. The average molecular weight is 356 g/mol. The first-order valence-electron chi connectivity index (χ1n) is 8.09. The number of anilines is 1. The van der Waals surface area contributed by atoms with Gasteiger partial charge in [-0.25, -0.2) is 4.39 Å². The molecular weight excluding hydrogens is 339 g/mol. The molecule has 7 heteroatoms. The van der Waals surface area contributed by atoms with Crippen LogP contribution < -0.4 is 10.6 Å². The Morgan fingerprint density at radius 3 is 2.64 bits per heavy atom. The van der Waals surface area contributed by atoms with Gasteiger partial charge < -0.3 is 10.6 Å². The quantitative estimate of drug-likeness (QED) is 0.865. The van der Waals surface area contributed by atoms with Gasteiger partial charge in [-0.1, -0.05) is 55.1 Å². The third-order valence-corrected chi connectivity index (χ3v) is 4.99. The lowest BCUT2D eigenvalue weighted by molar-refractivity contribution is -0.127. The molecule has 1 amide bonds. The Morgan fingerprint density at radius 1 is 1.16 bits per heavy atom. The van der Waals surface area contributed by atoms with Crippen LogP contribution in [0.1, 0.15) is 30.3 Å². The molecule has 2 heterocycles. The van der Waals surface area contributed by atoms with E-state index in [2.05, 4.69) is 15.7 Å². The summed E-state index contributed by atoms with van der Waals surface area (Å²) in [4.78, 5) is 12.8. The van der Waals surface area contributed by atoms with Crippen molar-refractivity contribution in [2.45, 2.75) is 19.1 Å². The van der Waals surface area contributed by atoms with Crippen molar-refractivity contribution >= 4 is 28.5 Å². The van der Waals surface area contributed by atoms with Gasteiger partial charge in [0.2, 0.25) is 0 Å². The van der Waals surface area contributed by atoms with E-state index in [1.54, 1.807) is 23.2 Å². The lowest BCUT2D eigenvalue weighted by Crippen LogP contribution is -2.51. The number of carbonyl (C=O) groups is 1. The van der Waals surface area contributed by atoms with Crippen LogP contribution in [0, 0.1) is 5.82 Å². The number of hydrazone groups is 1. The number of halogens is 1. The fraction of sp³-hybridized carbons (Fsp3) is 0.222. The topological polar surface area (TPSA) is 56.7 Å². The highest BCUT2D eigenvalue weighted by Gasteiger charge is 2.42. The van der Waals surface area contributed by atoms with E-state index in [0.717, 1.165) is 17.0 Å². The highest BCUT2D eigenvalue weighted by molar-refractivity contribution is 8.13. The van der Waals surface area contributed by atoms with Gasteiger partial charge in [-0.3, -0.25) is 9.80 Å². The van der Waals surface area contributed by atoms with Gasteiger partial charge in [-0.05, 0) is 17.9 Å². The van der Waals surface area contributed by atoms with Crippen molar-refractivity contribution in [1.82, 2.24) is 10.3 Å². The number of amidine groups is 1. The summed E-state index contributed by atoms with van der Waals surface area (Å²) in [6.07, 6.45) is -0.556. The first-order chi connectivity index (χ1) is 12.2. The molecule has 25 heavy (non-hydrogen) atoms. The number of para-hydroxylation sites is 1. The summed E-state index contributed by atoms with van der Waals surface area (Å²) in [5, 5.41) is 13.0. The van der Waals surface area contributed by atoms with Crippen molar-refractivity contribution in [3.63, 3.8) is 0 Å². The van der Waals surface area contributed by atoms with Crippen molar-refractivity contribution in [2.75, 3.05) is 11.1 Å².